The molecule has 1 amide bonds. The van der Waals surface area contributed by atoms with E-state index in [1.807, 2.05) is 0 Å². The predicted molar refractivity (Wildman–Crippen MR) is 74.9 cm³/mol. The maximum absolute atomic E-state index is 12.7. The Bertz CT molecular complexity index is 698. The highest BCUT2D eigenvalue weighted by Crippen LogP contribution is 2.37. The van der Waals surface area contributed by atoms with Crippen LogP contribution in [0.15, 0.2) is 34.7 Å². The van der Waals surface area contributed by atoms with E-state index < -0.39 is 23.7 Å². The van der Waals surface area contributed by atoms with Crippen LogP contribution in [0, 0.1) is 0 Å². The first-order chi connectivity index (χ1) is 10.2. The van der Waals surface area contributed by atoms with Crippen molar-refractivity contribution in [3.63, 3.8) is 0 Å². The Hall–Kier alpha value is -1.99. The van der Waals surface area contributed by atoms with Gasteiger partial charge in [-0.05, 0) is 30.3 Å². The monoisotopic (exact) mass is 332 g/mol. The van der Waals surface area contributed by atoms with Gasteiger partial charge in [0, 0.05) is 12.0 Å². The molecular formula is C14H12ClF3N2O2. The zero-order valence-corrected chi connectivity index (χ0v) is 11.9. The summed E-state index contributed by atoms with van der Waals surface area (Å²) in [6.07, 6.45) is -4.62. The number of benzene rings is 1. The molecule has 0 fully saturated rings. The molecule has 0 spiro atoms. The van der Waals surface area contributed by atoms with Crippen LogP contribution in [-0.2, 0) is 11.0 Å². The molecule has 0 saturated carbocycles. The zero-order chi connectivity index (χ0) is 16.5. The maximum atomic E-state index is 12.7. The number of amides is 1. The molecule has 1 aromatic carbocycles. The number of hydrogen-bond acceptors (Lipinski definition) is 3. The Morgan fingerprint density at radius 3 is 2.55 bits per heavy atom. The molecule has 1 unspecified atom stereocenters. The van der Waals surface area contributed by atoms with Gasteiger partial charge in [-0.1, -0.05) is 11.6 Å². The summed E-state index contributed by atoms with van der Waals surface area (Å²) >= 11 is 5.92. The van der Waals surface area contributed by atoms with Crippen molar-refractivity contribution in [1.29, 1.82) is 0 Å². The van der Waals surface area contributed by atoms with Crippen LogP contribution in [0.4, 0.5) is 13.2 Å². The van der Waals surface area contributed by atoms with Crippen LogP contribution in [0.5, 0.6) is 0 Å². The number of rotatable bonds is 4. The van der Waals surface area contributed by atoms with Crippen molar-refractivity contribution in [2.45, 2.75) is 18.6 Å². The van der Waals surface area contributed by atoms with Crippen LogP contribution < -0.4 is 11.5 Å². The van der Waals surface area contributed by atoms with Crippen LogP contribution in [0.1, 0.15) is 23.8 Å². The fraction of sp³-hybridized carbons (Fsp3) is 0.214. The van der Waals surface area contributed by atoms with E-state index in [2.05, 4.69) is 0 Å². The fourth-order valence-corrected chi connectivity index (χ4v) is 2.12. The van der Waals surface area contributed by atoms with Crippen molar-refractivity contribution in [3.05, 3.63) is 46.7 Å². The van der Waals surface area contributed by atoms with Crippen molar-refractivity contribution < 1.29 is 22.4 Å². The molecule has 118 valence electrons. The van der Waals surface area contributed by atoms with Gasteiger partial charge in [-0.25, -0.2) is 0 Å². The van der Waals surface area contributed by atoms with E-state index in [0.29, 0.717) is 0 Å². The van der Waals surface area contributed by atoms with E-state index in [0.717, 1.165) is 18.2 Å². The summed E-state index contributed by atoms with van der Waals surface area (Å²) in [4.78, 5) is 10.8. The average molecular weight is 333 g/mol. The first-order valence-electron chi connectivity index (χ1n) is 6.19. The molecule has 1 heterocycles. The highest BCUT2D eigenvalue weighted by molar-refractivity contribution is 6.33. The van der Waals surface area contributed by atoms with Gasteiger partial charge in [0.25, 0.3) is 0 Å². The van der Waals surface area contributed by atoms with Gasteiger partial charge in [0.1, 0.15) is 11.5 Å². The largest absolute Gasteiger partial charge is 0.459 e. The van der Waals surface area contributed by atoms with Gasteiger partial charge >= 0.3 is 6.18 Å². The fourth-order valence-electron chi connectivity index (χ4n) is 1.90. The van der Waals surface area contributed by atoms with E-state index in [1.54, 1.807) is 0 Å². The Balaban J connectivity index is 2.37. The van der Waals surface area contributed by atoms with Gasteiger partial charge in [-0.2, -0.15) is 13.2 Å². The molecule has 0 saturated heterocycles. The molecule has 0 aliphatic rings. The number of nitrogens with two attached hydrogens (primary N) is 2. The van der Waals surface area contributed by atoms with Gasteiger partial charge in [-0.15, -0.1) is 0 Å². The lowest BCUT2D eigenvalue weighted by Crippen LogP contribution is -2.20. The summed E-state index contributed by atoms with van der Waals surface area (Å²) in [7, 11) is 0. The summed E-state index contributed by atoms with van der Waals surface area (Å²) in [5.74, 6) is -0.240. The highest BCUT2D eigenvalue weighted by Gasteiger charge is 2.31. The third-order valence-electron chi connectivity index (χ3n) is 2.97. The van der Waals surface area contributed by atoms with Crippen LogP contribution in [0.3, 0.4) is 0 Å². The number of alkyl halides is 3. The minimum absolute atomic E-state index is 0.0917. The number of halogens is 4. The smallest absolute Gasteiger partial charge is 0.416 e. The van der Waals surface area contributed by atoms with Gasteiger partial charge in [-0.3, -0.25) is 4.79 Å². The standard InChI is InChI=1S/C14H12ClF3N2O2/c15-9-2-1-7(14(16,17)18)5-8(9)11-3-4-12(22-11)10(19)6-13(20)21/h1-5,10H,6,19H2,(H2,20,21). The van der Waals surface area contributed by atoms with Crippen molar-refractivity contribution in [2.75, 3.05) is 0 Å². The molecule has 0 radical (unpaired) electrons. The van der Waals surface area contributed by atoms with Gasteiger partial charge in [0.15, 0.2) is 0 Å². The van der Waals surface area contributed by atoms with E-state index in [9.17, 15) is 18.0 Å². The number of hydrogen-bond donors (Lipinski definition) is 2. The molecule has 4 N–H and O–H groups in total. The lowest BCUT2D eigenvalue weighted by atomic mass is 10.1. The van der Waals surface area contributed by atoms with E-state index in [-0.39, 0.29) is 28.5 Å². The summed E-state index contributed by atoms with van der Waals surface area (Å²) in [5.41, 5.74) is 10.0. The van der Waals surface area contributed by atoms with Crippen LogP contribution in [-0.4, -0.2) is 5.91 Å². The molecule has 8 heteroatoms. The third kappa shape index (κ3) is 3.61. The van der Waals surface area contributed by atoms with Gasteiger partial charge < -0.3 is 15.9 Å². The summed E-state index contributed by atoms with van der Waals surface area (Å²) in [6.45, 7) is 0. The van der Waals surface area contributed by atoms with Crippen molar-refractivity contribution in [1.82, 2.24) is 0 Å². The molecule has 22 heavy (non-hydrogen) atoms. The Labute approximate surface area is 128 Å². The number of furan rings is 1. The minimum Gasteiger partial charge on any atom is -0.459 e. The molecule has 0 aliphatic carbocycles. The molecule has 0 aliphatic heterocycles. The van der Waals surface area contributed by atoms with Crippen molar-refractivity contribution >= 4 is 17.5 Å². The van der Waals surface area contributed by atoms with E-state index in [4.69, 9.17) is 27.5 Å². The van der Waals surface area contributed by atoms with Crippen molar-refractivity contribution in [3.8, 4) is 11.3 Å². The number of carbonyl (C=O) groups is 1. The topological polar surface area (TPSA) is 82.2 Å². The third-order valence-corrected chi connectivity index (χ3v) is 3.30. The number of carbonyl (C=O) groups excluding carboxylic acids is 1. The summed E-state index contributed by atoms with van der Waals surface area (Å²) in [6, 6.07) is 5.07. The zero-order valence-electron chi connectivity index (χ0n) is 11.2. The van der Waals surface area contributed by atoms with Gasteiger partial charge in [0.2, 0.25) is 5.91 Å². The normalized spacial score (nSPS) is 13.1. The molecule has 2 rings (SSSR count). The predicted octanol–water partition coefficient (Wildman–Crippen LogP) is 3.49. The van der Waals surface area contributed by atoms with Crippen molar-refractivity contribution in [2.24, 2.45) is 11.5 Å². The molecule has 2 aromatic rings. The summed E-state index contributed by atoms with van der Waals surface area (Å²) in [5, 5.41) is 0.109. The van der Waals surface area contributed by atoms with E-state index >= 15 is 0 Å². The second-order valence-corrected chi connectivity index (χ2v) is 5.08. The Morgan fingerprint density at radius 2 is 1.95 bits per heavy atom. The molecule has 1 aromatic heterocycles. The second-order valence-electron chi connectivity index (χ2n) is 4.67. The maximum Gasteiger partial charge on any atom is 0.416 e. The van der Waals surface area contributed by atoms with Gasteiger partial charge in [0.05, 0.1) is 16.6 Å². The van der Waals surface area contributed by atoms with Crippen LogP contribution >= 0.6 is 11.6 Å². The molecule has 0 bridgehead atoms. The quantitative estimate of drug-likeness (QED) is 0.899. The van der Waals surface area contributed by atoms with Crippen LogP contribution in [0.25, 0.3) is 11.3 Å². The molecule has 1 atom stereocenters. The average Bonchev–Trinajstić information content (AvgIpc) is 2.86. The SMILES string of the molecule is NC(=O)CC(N)c1ccc(-c2cc(C(F)(F)F)ccc2Cl)o1. The summed E-state index contributed by atoms with van der Waals surface area (Å²) < 4.78 is 43.6. The van der Waals surface area contributed by atoms with Crippen LogP contribution in [0.2, 0.25) is 5.02 Å². The Kier molecular flexibility index (Phi) is 4.48. The lowest BCUT2D eigenvalue weighted by molar-refractivity contribution is -0.137. The Morgan fingerprint density at radius 1 is 1.27 bits per heavy atom. The van der Waals surface area contributed by atoms with E-state index in [1.165, 1.54) is 12.1 Å². The number of primary amides is 1. The second kappa shape index (κ2) is 6.02. The minimum atomic E-state index is -4.49. The lowest BCUT2D eigenvalue weighted by Gasteiger charge is -2.09. The molecule has 4 nitrogen and oxygen atoms in total. The highest BCUT2D eigenvalue weighted by atomic mass is 35.5. The molecular weight excluding hydrogens is 321 g/mol. The first kappa shape index (κ1) is 16.4. The first-order valence-corrected chi connectivity index (χ1v) is 6.57.